The normalized spacial score (nSPS) is 28.5. The summed E-state index contributed by atoms with van der Waals surface area (Å²) in [5.74, 6) is 0.233. The molecule has 94 valence electrons. The largest absolute Gasteiger partial charge is 0.390 e. The van der Waals surface area contributed by atoms with Crippen molar-refractivity contribution in [3.63, 3.8) is 0 Å². The second-order valence-corrected chi connectivity index (χ2v) is 4.34. The number of aliphatic hydroxyl groups is 1. The maximum atomic E-state index is 11.7. The van der Waals surface area contributed by atoms with E-state index in [2.05, 4.69) is 4.98 Å². The van der Waals surface area contributed by atoms with Gasteiger partial charge in [0.05, 0.1) is 12.2 Å². The molecule has 0 saturated carbocycles. The molecule has 1 fully saturated rings. The van der Waals surface area contributed by atoms with Gasteiger partial charge in [0.25, 0.3) is 0 Å². The highest BCUT2D eigenvalue weighted by atomic mass is 16.5. The molecule has 0 bridgehead atoms. The van der Waals surface area contributed by atoms with Crippen LogP contribution in [0.1, 0.15) is 31.6 Å². The van der Waals surface area contributed by atoms with Gasteiger partial charge >= 0.3 is 5.69 Å². The molecule has 1 aliphatic heterocycles. The summed E-state index contributed by atoms with van der Waals surface area (Å²) in [6, 6.07) is 0. The smallest absolute Gasteiger partial charge is 0.351 e. The number of aromatic nitrogens is 2. The summed E-state index contributed by atoms with van der Waals surface area (Å²) < 4.78 is 7.01. The number of aliphatic hydroxyl groups excluding tert-OH is 1. The van der Waals surface area contributed by atoms with Crippen LogP contribution in [0.3, 0.4) is 0 Å². The Morgan fingerprint density at radius 3 is 3.00 bits per heavy atom. The van der Waals surface area contributed by atoms with Gasteiger partial charge in [0.2, 0.25) is 0 Å². The van der Waals surface area contributed by atoms with Crippen molar-refractivity contribution in [1.82, 2.24) is 9.55 Å². The van der Waals surface area contributed by atoms with Crippen LogP contribution >= 0.6 is 0 Å². The summed E-state index contributed by atoms with van der Waals surface area (Å²) in [6.07, 6.45) is 1.55. The number of hydrogen-bond acceptors (Lipinski definition) is 5. The van der Waals surface area contributed by atoms with E-state index in [1.54, 1.807) is 13.1 Å². The van der Waals surface area contributed by atoms with Gasteiger partial charge in [-0.1, -0.05) is 6.92 Å². The average Bonchev–Trinajstić information content (AvgIpc) is 2.65. The van der Waals surface area contributed by atoms with Crippen molar-refractivity contribution in [2.45, 2.75) is 45.1 Å². The number of rotatable bonds is 2. The Morgan fingerprint density at radius 1 is 1.71 bits per heavy atom. The van der Waals surface area contributed by atoms with E-state index < -0.39 is 18.0 Å². The third kappa shape index (κ3) is 2.18. The molecule has 3 atom stereocenters. The zero-order valence-electron chi connectivity index (χ0n) is 9.96. The topological polar surface area (TPSA) is 90.4 Å². The highest BCUT2D eigenvalue weighted by Crippen LogP contribution is 2.29. The fourth-order valence-electron chi connectivity index (χ4n) is 2.04. The number of anilines is 1. The summed E-state index contributed by atoms with van der Waals surface area (Å²) in [5.41, 5.74) is 5.84. The maximum Gasteiger partial charge on any atom is 0.351 e. The Bertz CT molecular complexity index is 472. The van der Waals surface area contributed by atoms with Crippen molar-refractivity contribution in [1.29, 1.82) is 0 Å². The van der Waals surface area contributed by atoms with Crippen molar-refractivity contribution < 1.29 is 9.84 Å². The van der Waals surface area contributed by atoms with Gasteiger partial charge < -0.3 is 15.6 Å². The van der Waals surface area contributed by atoms with Crippen LogP contribution < -0.4 is 11.4 Å². The molecule has 1 aromatic rings. The van der Waals surface area contributed by atoms with E-state index in [9.17, 15) is 9.90 Å². The third-order valence-corrected chi connectivity index (χ3v) is 3.09. The van der Waals surface area contributed by atoms with E-state index in [-0.39, 0.29) is 11.9 Å². The van der Waals surface area contributed by atoms with Crippen LogP contribution in [-0.2, 0) is 4.74 Å². The highest BCUT2D eigenvalue weighted by molar-refractivity contribution is 5.35. The van der Waals surface area contributed by atoms with Crippen molar-refractivity contribution in [3.05, 3.63) is 22.2 Å². The van der Waals surface area contributed by atoms with Crippen LogP contribution in [0.15, 0.2) is 11.0 Å². The highest BCUT2D eigenvalue weighted by Gasteiger charge is 2.34. The molecule has 6 heteroatoms. The van der Waals surface area contributed by atoms with Crippen molar-refractivity contribution in [3.8, 4) is 0 Å². The molecule has 2 rings (SSSR count). The average molecular weight is 239 g/mol. The molecule has 3 N–H and O–H groups in total. The Hall–Kier alpha value is -1.40. The molecule has 0 amide bonds. The van der Waals surface area contributed by atoms with Crippen molar-refractivity contribution in [2.24, 2.45) is 0 Å². The molecular weight excluding hydrogens is 222 g/mol. The van der Waals surface area contributed by atoms with Gasteiger partial charge in [-0.05, 0) is 13.3 Å². The lowest BCUT2D eigenvalue weighted by atomic mass is 10.1. The van der Waals surface area contributed by atoms with Crippen LogP contribution in [0.5, 0.6) is 0 Å². The van der Waals surface area contributed by atoms with Crippen molar-refractivity contribution >= 4 is 5.82 Å². The molecule has 0 aromatic carbocycles. The third-order valence-electron chi connectivity index (χ3n) is 3.09. The Labute approximate surface area is 99.0 Å². The lowest BCUT2D eigenvalue weighted by Crippen LogP contribution is -2.28. The van der Waals surface area contributed by atoms with Crippen LogP contribution in [-0.4, -0.2) is 26.9 Å². The molecule has 6 nitrogen and oxygen atoms in total. The van der Waals surface area contributed by atoms with Crippen molar-refractivity contribution in [2.75, 3.05) is 5.73 Å². The van der Waals surface area contributed by atoms with E-state index in [0.717, 1.165) is 5.56 Å². The molecule has 2 heterocycles. The second kappa shape index (κ2) is 4.46. The fraction of sp³-hybridized carbons (Fsp3) is 0.636. The van der Waals surface area contributed by atoms with Crippen LogP contribution in [0.4, 0.5) is 5.82 Å². The summed E-state index contributed by atoms with van der Waals surface area (Å²) >= 11 is 0. The Balaban J connectivity index is 2.30. The zero-order valence-corrected chi connectivity index (χ0v) is 9.96. The number of nitrogens with zero attached hydrogens (tertiary/aromatic N) is 2. The van der Waals surface area contributed by atoms with Gasteiger partial charge in [-0.2, -0.15) is 4.98 Å². The predicted octanol–water partition coefficient (Wildman–Crippen LogP) is 0.192. The van der Waals surface area contributed by atoms with Crippen LogP contribution in [0.25, 0.3) is 0 Å². The van der Waals surface area contributed by atoms with E-state index in [4.69, 9.17) is 10.5 Å². The second-order valence-electron chi connectivity index (χ2n) is 4.34. The minimum absolute atomic E-state index is 0.218. The molecule has 1 aromatic heterocycles. The number of aryl methyl sites for hydroxylation is 1. The number of nitrogen functional groups attached to an aromatic ring is 1. The summed E-state index contributed by atoms with van der Waals surface area (Å²) in [6.45, 7) is 3.71. The molecule has 0 radical (unpaired) electrons. The first-order chi connectivity index (χ1) is 8.02. The van der Waals surface area contributed by atoms with Crippen LogP contribution in [0.2, 0.25) is 0 Å². The van der Waals surface area contributed by atoms with Crippen LogP contribution in [0, 0.1) is 6.92 Å². The molecule has 1 aliphatic rings. The molecule has 0 spiro atoms. The Morgan fingerprint density at radius 2 is 2.41 bits per heavy atom. The molecular formula is C11H17N3O3. The first-order valence-corrected chi connectivity index (χ1v) is 5.71. The summed E-state index contributed by atoms with van der Waals surface area (Å²) in [5, 5.41) is 9.75. The fourth-order valence-corrected chi connectivity index (χ4v) is 2.04. The number of ether oxygens (including phenoxy) is 1. The standard InChI is InChI=1S/C11H17N3O3/c1-3-8-7(15)4-9(17-8)14-5-6(2)10(12)13-11(14)16/h5,7-9,15H,3-4H2,1-2H3,(H2,12,13,16)/t7?,8-,9-/m1/s1. The number of hydrogen-bond donors (Lipinski definition) is 2. The maximum absolute atomic E-state index is 11.7. The van der Waals surface area contributed by atoms with E-state index in [0.29, 0.717) is 12.8 Å². The number of nitrogens with two attached hydrogens (primary N) is 1. The Kier molecular flexibility index (Phi) is 3.17. The lowest BCUT2D eigenvalue weighted by Gasteiger charge is -2.15. The zero-order chi connectivity index (χ0) is 12.6. The molecule has 1 unspecified atom stereocenters. The molecule has 17 heavy (non-hydrogen) atoms. The first kappa shape index (κ1) is 12.1. The van der Waals surface area contributed by atoms with Gasteiger partial charge in [0, 0.05) is 18.2 Å². The van der Waals surface area contributed by atoms with E-state index in [1.807, 2.05) is 6.92 Å². The summed E-state index contributed by atoms with van der Waals surface area (Å²) in [4.78, 5) is 15.4. The van der Waals surface area contributed by atoms with Gasteiger partial charge in [-0.25, -0.2) is 4.79 Å². The van der Waals surface area contributed by atoms with Gasteiger partial charge in [0.1, 0.15) is 12.0 Å². The SMILES string of the molecule is CC[C@H]1O[C@@H](n2cc(C)c(N)nc2=O)CC1O. The molecule has 1 saturated heterocycles. The van der Waals surface area contributed by atoms with Gasteiger partial charge in [-0.3, -0.25) is 4.57 Å². The quantitative estimate of drug-likeness (QED) is 0.769. The van der Waals surface area contributed by atoms with E-state index >= 15 is 0 Å². The van der Waals surface area contributed by atoms with Gasteiger partial charge in [0.15, 0.2) is 0 Å². The molecule has 0 aliphatic carbocycles. The monoisotopic (exact) mass is 239 g/mol. The van der Waals surface area contributed by atoms with Gasteiger partial charge in [-0.15, -0.1) is 0 Å². The predicted molar refractivity (Wildman–Crippen MR) is 62.5 cm³/mol. The first-order valence-electron chi connectivity index (χ1n) is 5.71. The lowest BCUT2D eigenvalue weighted by molar-refractivity contribution is -0.0217. The minimum atomic E-state index is -0.533. The minimum Gasteiger partial charge on any atom is -0.390 e. The summed E-state index contributed by atoms with van der Waals surface area (Å²) in [7, 11) is 0. The van der Waals surface area contributed by atoms with E-state index in [1.165, 1.54) is 4.57 Å².